The van der Waals surface area contributed by atoms with Crippen molar-refractivity contribution in [3.05, 3.63) is 78.5 Å². The maximum absolute atomic E-state index is 13.3. The van der Waals surface area contributed by atoms with E-state index in [4.69, 9.17) is 5.26 Å². The third-order valence-corrected chi connectivity index (χ3v) is 5.29. The van der Waals surface area contributed by atoms with Gasteiger partial charge in [0.05, 0.1) is 17.3 Å². The number of hydrogen-bond donors (Lipinski definition) is 0. The molecule has 0 amide bonds. The molecule has 5 nitrogen and oxygen atoms in total. The lowest BCUT2D eigenvalue weighted by Crippen LogP contribution is -2.38. The molecule has 0 bridgehead atoms. The first-order chi connectivity index (χ1) is 13.2. The highest BCUT2D eigenvalue weighted by atomic mass is 32.2. The highest BCUT2D eigenvalue weighted by Crippen LogP contribution is 2.37. The Hall–Kier alpha value is -3.38. The zero-order valence-electron chi connectivity index (χ0n) is 14.1. The van der Waals surface area contributed by atoms with Crippen molar-refractivity contribution < 1.29 is 21.6 Å². The monoisotopic (exact) mass is 403 g/mol. The Morgan fingerprint density at radius 2 is 1.57 bits per heavy atom. The van der Waals surface area contributed by atoms with Crippen LogP contribution in [0.25, 0.3) is 11.1 Å². The van der Waals surface area contributed by atoms with Crippen molar-refractivity contribution in [3.8, 4) is 17.2 Å². The van der Waals surface area contributed by atoms with Gasteiger partial charge in [-0.25, -0.2) is 9.29 Å². The Morgan fingerprint density at radius 1 is 0.929 bits per heavy atom. The number of nitriles is 1. The highest BCUT2D eigenvalue weighted by Gasteiger charge is 2.51. The average Bonchev–Trinajstić information content (AvgIpc) is 2.68. The topological polar surface area (TPSA) is 74.1 Å². The Morgan fingerprint density at radius 3 is 2.14 bits per heavy atom. The largest absolute Gasteiger partial charge is 0.517 e. The van der Waals surface area contributed by atoms with Gasteiger partial charge in [0.25, 0.3) is 0 Å². The van der Waals surface area contributed by atoms with Crippen LogP contribution < -0.4 is 4.31 Å². The van der Waals surface area contributed by atoms with Crippen molar-refractivity contribution in [1.29, 1.82) is 5.26 Å². The number of pyridine rings is 1. The molecule has 3 aromatic rings. The molecule has 2 aromatic carbocycles. The number of benzene rings is 2. The van der Waals surface area contributed by atoms with Crippen LogP contribution in [0.5, 0.6) is 0 Å². The standard InChI is InChI=1S/C19H12F3N3O2S/c20-19(21,22)28(26,27)25(17-8-6-14(13-23)7-9-17)18-12-16(10-11-24-18)15-4-2-1-3-5-15/h1-12H. The van der Waals surface area contributed by atoms with E-state index >= 15 is 0 Å². The number of alkyl halides is 3. The molecule has 0 aliphatic rings. The fraction of sp³-hybridized carbons (Fsp3) is 0.0526. The second-order valence-corrected chi connectivity index (χ2v) is 7.42. The molecule has 142 valence electrons. The van der Waals surface area contributed by atoms with Crippen LogP contribution in [0.4, 0.5) is 24.7 Å². The summed E-state index contributed by atoms with van der Waals surface area (Å²) in [5, 5.41) is 8.86. The van der Waals surface area contributed by atoms with E-state index in [2.05, 4.69) is 4.98 Å². The van der Waals surface area contributed by atoms with Crippen LogP contribution in [-0.4, -0.2) is 18.9 Å². The Kier molecular flexibility index (Phi) is 5.07. The molecule has 0 atom stereocenters. The minimum absolute atomic E-state index is 0.126. The lowest BCUT2D eigenvalue weighted by molar-refractivity contribution is -0.0435. The van der Waals surface area contributed by atoms with Gasteiger partial charge in [0.15, 0.2) is 0 Å². The summed E-state index contributed by atoms with van der Waals surface area (Å²) in [5.74, 6) is -0.414. The van der Waals surface area contributed by atoms with E-state index in [9.17, 15) is 21.6 Å². The minimum Gasteiger partial charge on any atom is -0.238 e. The molecule has 0 fully saturated rings. The van der Waals surface area contributed by atoms with E-state index in [1.165, 1.54) is 24.4 Å². The Balaban J connectivity index is 2.19. The van der Waals surface area contributed by atoms with Crippen LogP contribution in [0.2, 0.25) is 0 Å². The third-order valence-electron chi connectivity index (χ3n) is 3.82. The summed E-state index contributed by atoms with van der Waals surface area (Å²) in [4.78, 5) is 3.85. The Labute approximate surface area is 159 Å². The molecule has 0 radical (unpaired) electrons. The van der Waals surface area contributed by atoms with Gasteiger partial charge >= 0.3 is 15.5 Å². The molecule has 1 heterocycles. The van der Waals surface area contributed by atoms with Gasteiger partial charge in [0.2, 0.25) is 0 Å². The minimum atomic E-state index is -5.78. The van der Waals surface area contributed by atoms with Crippen LogP contribution in [0, 0.1) is 11.3 Å². The van der Waals surface area contributed by atoms with Crippen molar-refractivity contribution in [3.63, 3.8) is 0 Å². The molecule has 0 spiro atoms. The summed E-state index contributed by atoms with van der Waals surface area (Å²) in [5.41, 5.74) is -4.45. The van der Waals surface area contributed by atoms with Gasteiger partial charge in [0, 0.05) is 6.20 Å². The maximum atomic E-state index is 13.3. The summed E-state index contributed by atoms with van der Waals surface area (Å²) in [6.45, 7) is 0. The van der Waals surface area contributed by atoms with E-state index in [1.807, 2.05) is 6.07 Å². The van der Waals surface area contributed by atoms with Crippen molar-refractivity contribution in [1.82, 2.24) is 4.98 Å². The van der Waals surface area contributed by atoms with E-state index in [0.717, 1.165) is 12.1 Å². The number of anilines is 2. The number of sulfonamides is 1. The molecule has 1 aromatic heterocycles. The second kappa shape index (κ2) is 7.32. The maximum Gasteiger partial charge on any atom is 0.517 e. The molecular weight excluding hydrogens is 391 g/mol. The number of halogens is 3. The average molecular weight is 403 g/mol. The van der Waals surface area contributed by atoms with E-state index in [1.54, 1.807) is 36.4 Å². The van der Waals surface area contributed by atoms with Gasteiger partial charge < -0.3 is 0 Å². The lowest BCUT2D eigenvalue weighted by Gasteiger charge is -2.24. The molecule has 0 N–H and O–H groups in total. The normalized spacial score (nSPS) is 11.6. The van der Waals surface area contributed by atoms with Crippen LogP contribution >= 0.6 is 0 Å². The summed E-state index contributed by atoms with van der Waals surface area (Å²) in [6.07, 6.45) is 1.24. The molecular formula is C19H12F3N3O2S. The number of hydrogen-bond acceptors (Lipinski definition) is 4. The number of nitrogens with zero attached hydrogens (tertiary/aromatic N) is 3. The van der Waals surface area contributed by atoms with Crippen molar-refractivity contribution in [2.24, 2.45) is 0 Å². The third kappa shape index (κ3) is 3.68. The molecule has 0 aliphatic carbocycles. The molecule has 0 aliphatic heterocycles. The van der Waals surface area contributed by atoms with Crippen molar-refractivity contribution in [2.75, 3.05) is 4.31 Å². The summed E-state index contributed by atoms with van der Waals surface area (Å²) >= 11 is 0. The van der Waals surface area contributed by atoms with Gasteiger partial charge in [-0.05, 0) is 47.5 Å². The molecule has 3 rings (SSSR count). The zero-order valence-corrected chi connectivity index (χ0v) is 14.9. The quantitative estimate of drug-likeness (QED) is 0.638. The van der Waals surface area contributed by atoms with E-state index < -0.39 is 21.3 Å². The number of aromatic nitrogens is 1. The first-order valence-corrected chi connectivity index (χ1v) is 9.31. The van der Waals surface area contributed by atoms with Crippen molar-refractivity contribution >= 4 is 21.5 Å². The first-order valence-electron chi connectivity index (χ1n) is 7.87. The predicted octanol–water partition coefficient (Wildman–Crippen LogP) is 4.61. The fourth-order valence-corrected chi connectivity index (χ4v) is 3.46. The fourth-order valence-electron chi connectivity index (χ4n) is 2.51. The number of rotatable bonds is 4. The second-order valence-electron chi connectivity index (χ2n) is 5.64. The smallest absolute Gasteiger partial charge is 0.238 e. The first kappa shape index (κ1) is 19.4. The van der Waals surface area contributed by atoms with Crippen molar-refractivity contribution in [2.45, 2.75) is 5.51 Å². The SMILES string of the molecule is N#Cc1ccc(N(c2cc(-c3ccccc3)ccn2)S(=O)(=O)C(F)(F)F)cc1. The van der Waals surface area contributed by atoms with Crippen LogP contribution in [0.15, 0.2) is 72.9 Å². The molecule has 9 heteroatoms. The highest BCUT2D eigenvalue weighted by molar-refractivity contribution is 7.94. The van der Waals surface area contributed by atoms with Crippen LogP contribution in [0.3, 0.4) is 0 Å². The summed E-state index contributed by atoms with van der Waals surface area (Å²) in [7, 11) is -5.78. The molecule has 0 unspecified atom stereocenters. The van der Waals surface area contributed by atoms with E-state index in [-0.39, 0.29) is 15.6 Å². The van der Waals surface area contributed by atoms with Gasteiger partial charge in [-0.3, -0.25) is 0 Å². The Bertz CT molecular complexity index is 1120. The van der Waals surface area contributed by atoms with Gasteiger partial charge in [-0.15, -0.1) is 0 Å². The van der Waals surface area contributed by atoms with Gasteiger partial charge in [-0.2, -0.15) is 26.9 Å². The summed E-state index contributed by atoms with van der Waals surface area (Å²) in [6, 6.07) is 18.1. The van der Waals surface area contributed by atoms with Gasteiger partial charge in [0.1, 0.15) is 5.82 Å². The van der Waals surface area contributed by atoms with Crippen LogP contribution in [0.1, 0.15) is 5.56 Å². The molecule has 28 heavy (non-hydrogen) atoms. The van der Waals surface area contributed by atoms with E-state index in [0.29, 0.717) is 11.1 Å². The van der Waals surface area contributed by atoms with Gasteiger partial charge in [-0.1, -0.05) is 30.3 Å². The molecule has 0 saturated heterocycles. The predicted molar refractivity (Wildman–Crippen MR) is 97.9 cm³/mol. The van der Waals surface area contributed by atoms with Crippen LogP contribution in [-0.2, 0) is 10.0 Å². The lowest BCUT2D eigenvalue weighted by atomic mass is 10.1. The summed E-state index contributed by atoms with van der Waals surface area (Å²) < 4.78 is 64.6. The molecule has 0 saturated carbocycles. The zero-order chi connectivity index (χ0) is 20.4.